The van der Waals surface area contributed by atoms with Gasteiger partial charge in [0, 0.05) is 18.3 Å². The van der Waals surface area contributed by atoms with Gasteiger partial charge in [-0.3, -0.25) is 30.0 Å². The van der Waals surface area contributed by atoms with Gasteiger partial charge < -0.3 is 5.32 Å². The molecule has 142 valence electrons. The minimum absolute atomic E-state index is 0.00633. The molecule has 0 bridgehead atoms. The Labute approximate surface area is 165 Å². The fraction of sp³-hybridized carbons (Fsp3) is 0.111. The summed E-state index contributed by atoms with van der Waals surface area (Å²) in [6.07, 6.45) is 1.17. The van der Waals surface area contributed by atoms with Crippen molar-refractivity contribution < 1.29 is 14.5 Å². The SMILES string of the molecule is Cc1ccc(N2C(=O)[C@@H](/C=N/Nc3ccc([N+](=O)[O-])cc3)C(=O)NC2=S)cc1. The van der Waals surface area contributed by atoms with E-state index < -0.39 is 22.7 Å². The van der Waals surface area contributed by atoms with E-state index in [4.69, 9.17) is 12.2 Å². The zero-order chi connectivity index (χ0) is 20.3. The van der Waals surface area contributed by atoms with Crippen molar-refractivity contribution in [2.75, 3.05) is 10.3 Å². The summed E-state index contributed by atoms with van der Waals surface area (Å²) < 4.78 is 0. The van der Waals surface area contributed by atoms with Crippen LogP contribution in [0.1, 0.15) is 5.56 Å². The average Bonchev–Trinajstić information content (AvgIpc) is 2.66. The molecule has 2 aromatic rings. The van der Waals surface area contributed by atoms with Crippen LogP contribution >= 0.6 is 12.2 Å². The number of hydrogen-bond donors (Lipinski definition) is 2. The van der Waals surface area contributed by atoms with Crippen molar-refractivity contribution in [3.63, 3.8) is 0 Å². The Morgan fingerprint density at radius 2 is 1.82 bits per heavy atom. The molecule has 1 saturated heterocycles. The molecular formula is C18H15N5O4S. The molecule has 28 heavy (non-hydrogen) atoms. The van der Waals surface area contributed by atoms with Crippen LogP contribution in [0.2, 0.25) is 0 Å². The van der Waals surface area contributed by atoms with Crippen LogP contribution in [0.25, 0.3) is 0 Å². The van der Waals surface area contributed by atoms with Crippen molar-refractivity contribution in [1.29, 1.82) is 0 Å². The zero-order valence-electron chi connectivity index (χ0n) is 14.7. The van der Waals surface area contributed by atoms with Crippen molar-refractivity contribution in [3.8, 4) is 0 Å². The van der Waals surface area contributed by atoms with Crippen LogP contribution in [0.15, 0.2) is 53.6 Å². The van der Waals surface area contributed by atoms with Crippen LogP contribution in [-0.4, -0.2) is 28.1 Å². The van der Waals surface area contributed by atoms with Crippen molar-refractivity contribution in [2.24, 2.45) is 11.0 Å². The normalized spacial score (nSPS) is 17.0. The maximum absolute atomic E-state index is 12.8. The fourth-order valence-corrected chi connectivity index (χ4v) is 2.80. The molecule has 10 heteroatoms. The number of amides is 2. The molecule has 0 saturated carbocycles. The first kappa shape index (κ1) is 19.1. The third-order valence-electron chi connectivity index (χ3n) is 3.99. The number of carbonyl (C=O) groups is 2. The van der Waals surface area contributed by atoms with E-state index in [1.165, 1.54) is 35.4 Å². The van der Waals surface area contributed by atoms with Gasteiger partial charge in [0.1, 0.15) is 0 Å². The van der Waals surface area contributed by atoms with E-state index in [9.17, 15) is 19.7 Å². The van der Waals surface area contributed by atoms with Crippen LogP contribution in [0.3, 0.4) is 0 Å². The summed E-state index contributed by atoms with van der Waals surface area (Å²) in [5, 5.41) is 17.1. The standard InChI is InChI=1S/C18H15N5O4S/c1-11-2-6-13(7-3-11)22-17(25)15(16(24)20-18(22)28)10-19-21-12-4-8-14(9-5-12)23(26)27/h2-10,15,21H,1H3,(H,20,24,28)/b19-10+/t15-/m0/s1. The van der Waals surface area contributed by atoms with E-state index >= 15 is 0 Å². The number of hydrazone groups is 1. The maximum Gasteiger partial charge on any atom is 0.269 e. The first-order valence-corrected chi connectivity index (χ1v) is 8.57. The summed E-state index contributed by atoms with van der Waals surface area (Å²) in [6, 6.07) is 12.7. The molecule has 0 unspecified atom stereocenters. The summed E-state index contributed by atoms with van der Waals surface area (Å²) in [6.45, 7) is 1.92. The highest BCUT2D eigenvalue weighted by molar-refractivity contribution is 7.80. The number of aryl methyl sites for hydroxylation is 1. The lowest BCUT2D eigenvalue weighted by molar-refractivity contribution is -0.384. The predicted molar refractivity (Wildman–Crippen MR) is 108 cm³/mol. The molecule has 9 nitrogen and oxygen atoms in total. The van der Waals surface area contributed by atoms with E-state index in [1.807, 2.05) is 19.1 Å². The van der Waals surface area contributed by atoms with Gasteiger partial charge in [-0.15, -0.1) is 0 Å². The summed E-state index contributed by atoms with van der Waals surface area (Å²) >= 11 is 5.13. The molecule has 1 aliphatic heterocycles. The Balaban J connectivity index is 1.74. The number of nitrogens with one attached hydrogen (secondary N) is 2. The van der Waals surface area contributed by atoms with Crippen molar-refractivity contribution in [1.82, 2.24) is 5.32 Å². The second-order valence-corrected chi connectivity index (χ2v) is 6.36. The molecule has 3 rings (SSSR count). The fourth-order valence-electron chi connectivity index (χ4n) is 2.50. The largest absolute Gasteiger partial charge is 0.301 e. The average molecular weight is 397 g/mol. The first-order valence-electron chi connectivity index (χ1n) is 8.16. The van der Waals surface area contributed by atoms with Gasteiger partial charge in [-0.2, -0.15) is 5.10 Å². The number of nitro groups is 1. The van der Waals surface area contributed by atoms with Crippen LogP contribution in [-0.2, 0) is 9.59 Å². The number of carbonyl (C=O) groups excluding carboxylic acids is 2. The molecule has 2 aromatic carbocycles. The number of hydrogen-bond acceptors (Lipinski definition) is 7. The molecule has 2 amide bonds. The molecule has 1 atom stereocenters. The number of thiocarbonyl (C=S) groups is 1. The molecule has 0 radical (unpaired) electrons. The van der Waals surface area contributed by atoms with E-state index in [-0.39, 0.29) is 10.8 Å². The van der Waals surface area contributed by atoms with Crippen molar-refractivity contribution in [3.05, 3.63) is 64.2 Å². The smallest absolute Gasteiger partial charge is 0.269 e. The van der Waals surface area contributed by atoms with Crippen LogP contribution < -0.4 is 15.6 Å². The molecule has 1 aliphatic rings. The highest BCUT2D eigenvalue weighted by Crippen LogP contribution is 2.21. The molecule has 0 spiro atoms. The van der Waals surface area contributed by atoms with Gasteiger partial charge in [0.05, 0.1) is 16.3 Å². The monoisotopic (exact) mass is 397 g/mol. The third-order valence-corrected chi connectivity index (χ3v) is 4.27. The van der Waals surface area contributed by atoms with E-state index in [2.05, 4.69) is 15.8 Å². The molecule has 1 heterocycles. The first-order chi connectivity index (χ1) is 13.4. The lowest BCUT2D eigenvalue weighted by atomic mass is 10.1. The molecule has 2 N–H and O–H groups in total. The Morgan fingerprint density at radius 1 is 1.18 bits per heavy atom. The lowest BCUT2D eigenvalue weighted by Gasteiger charge is -2.30. The second-order valence-electron chi connectivity index (χ2n) is 5.98. The van der Waals surface area contributed by atoms with Gasteiger partial charge in [0.2, 0.25) is 5.91 Å². The highest BCUT2D eigenvalue weighted by atomic mass is 32.1. The summed E-state index contributed by atoms with van der Waals surface area (Å²) in [4.78, 5) is 36.3. The van der Waals surface area contributed by atoms with Gasteiger partial charge in [-0.25, -0.2) is 0 Å². The van der Waals surface area contributed by atoms with Crippen molar-refractivity contribution in [2.45, 2.75) is 6.92 Å². The van der Waals surface area contributed by atoms with Crippen LogP contribution in [0.4, 0.5) is 17.1 Å². The molecule has 0 aromatic heterocycles. The zero-order valence-corrected chi connectivity index (χ0v) is 15.5. The minimum atomic E-state index is -1.17. The van der Waals surface area contributed by atoms with Gasteiger partial charge in [0.15, 0.2) is 11.0 Å². The van der Waals surface area contributed by atoms with Gasteiger partial charge in [0.25, 0.3) is 11.6 Å². The summed E-state index contributed by atoms with van der Waals surface area (Å²) in [5.41, 5.74) is 4.61. The number of nitrogens with zero attached hydrogens (tertiary/aromatic N) is 3. The third kappa shape index (κ3) is 4.01. The molecule has 1 fully saturated rings. The molecule has 0 aliphatic carbocycles. The Hall–Kier alpha value is -3.66. The summed E-state index contributed by atoms with van der Waals surface area (Å²) in [5.74, 6) is -2.27. The molecular weight excluding hydrogens is 382 g/mol. The maximum atomic E-state index is 12.8. The van der Waals surface area contributed by atoms with Gasteiger partial charge in [-0.1, -0.05) is 17.7 Å². The van der Waals surface area contributed by atoms with E-state index in [0.717, 1.165) is 5.56 Å². The predicted octanol–water partition coefficient (Wildman–Crippen LogP) is 2.37. The second kappa shape index (κ2) is 7.92. The summed E-state index contributed by atoms with van der Waals surface area (Å²) in [7, 11) is 0. The number of benzene rings is 2. The number of non-ortho nitro benzene ring substituents is 1. The van der Waals surface area contributed by atoms with Gasteiger partial charge >= 0.3 is 0 Å². The van der Waals surface area contributed by atoms with Crippen molar-refractivity contribution >= 4 is 52.4 Å². The quantitative estimate of drug-likeness (QED) is 0.263. The lowest BCUT2D eigenvalue weighted by Crippen LogP contribution is -2.58. The van der Waals surface area contributed by atoms with Crippen LogP contribution in [0, 0.1) is 23.0 Å². The van der Waals surface area contributed by atoms with Crippen LogP contribution in [0.5, 0.6) is 0 Å². The highest BCUT2D eigenvalue weighted by Gasteiger charge is 2.38. The number of anilines is 2. The Kier molecular flexibility index (Phi) is 5.41. The number of rotatable bonds is 5. The Morgan fingerprint density at radius 3 is 2.43 bits per heavy atom. The van der Waals surface area contributed by atoms with E-state index in [0.29, 0.717) is 11.4 Å². The van der Waals surface area contributed by atoms with E-state index in [1.54, 1.807) is 12.1 Å². The number of nitro benzene ring substituents is 1. The van der Waals surface area contributed by atoms with Gasteiger partial charge in [-0.05, 0) is 43.4 Å². The Bertz CT molecular complexity index is 972. The topological polar surface area (TPSA) is 117 Å². The minimum Gasteiger partial charge on any atom is -0.301 e.